The Morgan fingerprint density at radius 3 is 2.96 bits per heavy atom. The van der Waals surface area contributed by atoms with Crippen LogP contribution in [0.25, 0.3) is 28.1 Å². The van der Waals surface area contributed by atoms with Gasteiger partial charge in [0.25, 0.3) is 5.89 Å². The highest BCUT2D eigenvalue weighted by Crippen LogP contribution is 2.45. The summed E-state index contributed by atoms with van der Waals surface area (Å²) in [5, 5.41) is 16.6. The maximum Gasteiger partial charge on any atom is 0.279 e. The second-order valence-electron chi connectivity index (χ2n) is 6.60. The molecule has 126 valence electrons. The van der Waals surface area contributed by atoms with Crippen molar-refractivity contribution >= 4 is 16.6 Å². The van der Waals surface area contributed by atoms with E-state index in [9.17, 15) is 9.60 Å². The second kappa shape index (κ2) is 4.75. The van der Waals surface area contributed by atoms with Crippen LogP contribution in [-0.4, -0.2) is 19.5 Å². The molecule has 2 unspecified atom stereocenters. The largest absolute Gasteiger partial charge is 0.618 e. The van der Waals surface area contributed by atoms with Crippen molar-refractivity contribution in [1.82, 2.24) is 19.5 Å². The zero-order valence-electron chi connectivity index (χ0n) is 13.6. The number of benzene rings is 1. The summed E-state index contributed by atoms with van der Waals surface area (Å²) in [6, 6.07) is 4.09. The van der Waals surface area contributed by atoms with Crippen LogP contribution in [-0.2, 0) is 0 Å². The van der Waals surface area contributed by atoms with Gasteiger partial charge in [0.1, 0.15) is 23.2 Å². The Morgan fingerprint density at radius 2 is 2.20 bits per heavy atom. The molecule has 25 heavy (non-hydrogen) atoms. The molecule has 0 saturated heterocycles. The number of rotatable bonds is 2. The van der Waals surface area contributed by atoms with E-state index in [1.165, 1.54) is 12.1 Å². The van der Waals surface area contributed by atoms with Crippen LogP contribution in [0.3, 0.4) is 0 Å². The summed E-state index contributed by atoms with van der Waals surface area (Å²) >= 11 is 0. The normalized spacial score (nSPS) is 19.8. The number of imidazole rings is 1. The van der Waals surface area contributed by atoms with Crippen LogP contribution in [0.5, 0.6) is 0 Å². The molecular formula is C17H14FN5O2. The van der Waals surface area contributed by atoms with Gasteiger partial charge in [-0.05, 0) is 24.5 Å². The average Bonchev–Trinajstić information content (AvgIpc) is 3.03. The Kier molecular flexibility index (Phi) is 2.72. The molecule has 0 radical (unpaired) electrons. The fourth-order valence-corrected chi connectivity index (χ4v) is 3.34. The van der Waals surface area contributed by atoms with Crippen LogP contribution in [0.2, 0.25) is 0 Å². The first-order valence-corrected chi connectivity index (χ1v) is 8.07. The SMILES string of the molecule is Cc1c2c(-c3nc(C4CC4C)no3)ncn2c2ccc(F)cc2[n+]1[O-]. The van der Waals surface area contributed by atoms with Gasteiger partial charge in [-0.15, -0.1) is 0 Å². The molecule has 3 aromatic heterocycles. The minimum Gasteiger partial charge on any atom is -0.618 e. The number of aromatic nitrogens is 5. The molecule has 0 aliphatic heterocycles. The van der Waals surface area contributed by atoms with Gasteiger partial charge in [0.05, 0.1) is 0 Å². The first-order chi connectivity index (χ1) is 12.0. The first kappa shape index (κ1) is 14.3. The maximum atomic E-state index is 13.5. The Morgan fingerprint density at radius 1 is 1.40 bits per heavy atom. The number of nitrogens with zero attached hydrogens (tertiary/aromatic N) is 5. The number of hydrogen-bond donors (Lipinski definition) is 0. The van der Waals surface area contributed by atoms with E-state index >= 15 is 0 Å². The van der Waals surface area contributed by atoms with Crippen molar-refractivity contribution in [2.24, 2.45) is 5.92 Å². The summed E-state index contributed by atoms with van der Waals surface area (Å²) in [5.74, 6) is 1.41. The molecule has 0 bridgehead atoms. The summed E-state index contributed by atoms with van der Waals surface area (Å²) in [5.41, 5.74) is 2.23. The van der Waals surface area contributed by atoms with Crippen molar-refractivity contribution in [2.75, 3.05) is 0 Å². The zero-order chi connectivity index (χ0) is 17.3. The van der Waals surface area contributed by atoms with Crippen molar-refractivity contribution in [3.8, 4) is 11.6 Å². The smallest absolute Gasteiger partial charge is 0.279 e. The molecule has 5 rings (SSSR count). The van der Waals surface area contributed by atoms with Gasteiger partial charge in [-0.3, -0.25) is 4.40 Å². The lowest BCUT2D eigenvalue weighted by Crippen LogP contribution is -2.32. The van der Waals surface area contributed by atoms with Gasteiger partial charge in [-0.25, -0.2) is 9.37 Å². The highest BCUT2D eigenvalue weighted by atomic mass is 19.1. The molecule has 2 atom stereocenters. The predicted molar refractivity (Wildman–Crippen MR) is 86.2 cm³/mol. The van der Waals surface area contributed by atoms with Crippen LogP contribution in [0.15, 0.2) is 29.0 Å². The Hall–Kier alpha value is -3.03. The molecule has 0 amide bonds. The van der Waals surface area contributed by atoms with E-state index < -0.39 is 5.82 Å². The quantitative estimate of drug-likeness (QED) is 0.414. The highest BCUT2D eigenvalue weighted by molar-refractivity contribution is 5.82. The lowest BCUT2D eigenvalue weighted by atomic mass is 10.2. The van der Waals surface area contributed by atoms with E-state index in [1.807, 2.05) is 0 Å². The van der Waals surface area contributed by atoms with Crippen molar-refractivity contribution in [3.63, 3.8) is 0 Å². The van der Waals surface area contributed by atoms with Gasteiger partial charge in [0, 0.05) is 18.9 Å². The summed E-state index contributed by atoms with van der Waals surface area (Å²) < 4.78 is 21.4. The van der Waals surface area contributed by atoms with Crippen molar-refractivity contribution in [1.29, 1.82) is 0 Å². The van der Waals surface area contributed by atoms with E-state index in [0.29, 0.717) is 50.7 Å². The molecule has 0 spiro atoms. The third kappa shape index (κ3) is 1.97. The number of fused-ring (bicyclic) bond motifs is 3. The van der Waals surface area contributed by atoms with Crippen LogP contribution in [0.1, 0.15) is 30.8 Å². The van der Waals surface area contributed by atoms with Crippen LogP contribution in [0, 0.1) is 23.9 Å². The molecule has 0 N–H and O–H groups in total. The molecule has 3 heterocycles. The van der Waals surface area contributed by atoms with Crippen LogP contribution < -0.4 is 4.73 Å². The molecule has 8 heteroatoms. The molecule has 1 fully saturated rings. The van der Waals surface area contributed by atoms with E-state index in [2.05, 4.69) is 22.0 Å². The molecule has 4 aromatic rings. The molecular weight excluding hydrogens is 325 g/mol. The molecule has 1 saturated carbocycles. The zero-order valence-corrected chi connectivity index (χ0v) is 13.6. The number of aryl methyl sites for hydroxylation is 1. The Bertz CT molecular complexity index is 1150. The van der Waals surface area contributed by atoms with E-state index in [-0.39, 0.29) is 5.52 Å². The summed E-state index contributed by atoms with van der Waals surface area (Å²) in [4.78, 5) is 8.83. The number of hydrogen-bond acceptors (Lipinski definition) is 5. The molecule has 1 aromatic carbocycles. The van der Waals surface area contributed by atoms with Gasteiger partial charge in [0.2, 0.25) is 11.2 Å². The first-order valence-electron chi connectivity index (χ1n) is 8.07. The molecule has 1 aliphatic carbocycles. The van der Waals surface area contributed by atoms with Crippen molar-refractivity contribution < 1.29 is 13.6 Å². The van der Waals surface area contributed by atoms with Crippen molar-refractivity contribution in [3.05, 3.63) is 47.1 Å². The van der Waals surface area contributed by atoms with Gasteiger partial charge in [-0.2, -0.15) is 9.71 Å². The summed E-state index contributed by atoms with van der Waals surface area (Å²) in [7, 11) is 0. The summed E-state index contributed by atoms with van der Waals surface area (Å²) in [6.07, 6.45) is 2.64. The Balaban J connectivity index is 1.76. The van der Waals surface area contributed by atoms with Gasteiger partial charge in [0.15, 0.2) is 11.5 Å². The van der Waals surface area contributed by atoms with E-state index in [1.54, 1.807) is 23.7 Å². The third-order valence-corrected chi connectivity index (χ3v) is 4.92. The molecule has 1 aliphatic rings. The standard InChI is InChI=1S/C17H14FN5O2/c1-8-5-11(8)16-20-17(25-21-16)14-15-9(2)23(24)13-6-10(18)3-4-12(13)22(15)7-19-14/h3-4,6-8,11H,5H2,1-2H3. The average molecular weight is 339 g/mol. The maximum absolute atomic E-state index is 13.5. The van der Waals surface area contributed by atoms with Gasteiger partial charge < -0.3 is 9.73 Å². The van der Waals surface area contributed by atoms with Crippen molar-refractivity contribution in [2.45, 2.75) is 26.2 Å². The van der Waals surface area contributed by atoms with Crippen LogP contribution in [0.4, 0.5) is 4.39 Å². The van der Waals surface area contributed by atoms with Crippen LogP contribution >= 0.6 is 0 Å². The second-order valence-corrected chi connectivity index (χ2v) is 6.60. The molecule has 7 nitrogen and oxygen atoms in total. The van der Waals surface area contributed by atoms with Gasteiger partial charge >= 0.3 is 0 Å². The summed E-state index contributed by atoms with van der Waals surface area (Å²) in [6.45, 7) is 3.81. The lowest BCUT2D eigenvalue weighted by molar-refractivity contribution is -0.583. The Labute approximate surface area is 141 Å². The predicted octanol–water partition coefficient (Wildman–Crippen LogP) is 2.74. The number of halogens is 1. The topological polar surface area (TPSA) is 83.2 Å². The monoisotopic (exact) mass is 339 g/mol. The lowest BCUT2D eigenvalue weighted by Gasteiger charge is -2.08. The fourth-order valence-electron chi connectivity index (χ4n) is 3.34. The van der Waals surface area contributed by atoms with Gasteiger partial charge in [-0.1, -0.05) is 12.1 Å². The minimum absolute atomic E-state index is 0.243. The van der Waals surface area contributed by atoms with E-state index in [0.717, 1.165) is 6.42 Å². The fraction of sp³-hybridized carbons (Fsp3) is 0.294. The third-order valence-electron chi connectivity index (χ3n) is 4.92. The highest BCUT2D eigenvalue weighted by Gasteiger charge is 2.38. The minimum atomic E-state index is -0.462. The van der Waals surface area contributed by atoms with E-state index in [4.69, 9.17) is 4.52 Å².